The Hall–Kier alpha value is -1.21. The Morgan fingerprint density at radius 1 is 0.955 bits per heavy atom. The van der Waals surface area contributed by atoms with Crippen molar-refractivity contribution in [1.82, 2.24) is 0 Å². The molecule has 1 N–H and O–H groups in total. The zero-order valence-corrected chi connectivity index (χ0v) is 15.6. The predicted molar refractivity (Wildman–Crippen MR) is 104 cm³/mol. The molecule has 0 aliphatic heterocycles. The molecule has 0 spiro atoms. The number of nitrogens with one attached hydrogen (secondary N) is 1. The number of rotatable bonds is 7. The first-order valence-corrected chi connectivity index (χ1v) is 8.05. The first-order chi connectivity index (χ1) is 10.3. The SMILES string of the molecule is CSC(=N)c1cccc(OCCCOc2ccccc2)c1.I. The molecule has 22 heavy (non-hydrogen) atoms. The molecular formula is C17H20INO2S. The lowest BCUT2D eigenvalue weighted by Gasteiger charge is -2.09. The number of thioether (sulfide) groups is 1. The van der Waals surface area contributed by atoms with Gasteiger partial charge in [-0.3, -0.25) is 5.41 Å². The van der Waals surface area contributed by atoms with Crippen LogP contribution in [0.3, 0.4) is 0 Å². The summed E-state index contributed by atoms with van der Waals surface area (Å²) in [5.41, 5.74) is 0.889. The summed E-state index contributed by atoms with van der Waals surface area (Å²) < 4.78 is 11.3. The van der Waals surface area contributed by atoms with Crippen molar-refractivity contribution in [3.63, 3.8) is 0 Å². The first kappa shape index (κ1) is 18.8. The van der Waals surface area contributed by atoms with E-state index in [1.54, 1.807) is 0 Å². The fraction of sp³-hybridized carbons (Fsp3) is 0.235. The largest absolute Gasteiger partial charge is 0.493 e. The van der Waals surface area contributed by atoms with Crippen LogP contribution < -0.4 is 9.47 Å². The topological polar surface area (TPSA) is 42.3 Å². The summed E-state index contributed by atoms with van der Waals surface area (Å²) in [4.78, 5) is 0. The van der Waals surface area contributed by atoms with E-state index in [0.29, 0.717) is 18.3 Å². The molecule has 118 valence electrons. The summed E-state index contributed by atoms with van der Waals surface area (Å²) in [6.45, 7) is 1.23. The highest BCUT2D eigenvalue weighted by Gasteiger charge is 2.01. The van der Waals surface area contributed by atoms with E-state index < -0.39 is 0 Å². The molecule has 0 saturated carbocycles. The van der Waals surface area contributed by atoms with Crippen LogP contribution >= 0.6 is 35.7 Å². The number of hydrogen-bond acceptors (Lipinski definition) is 4. The van der Waals surface area contributed by atoms with Crippen molar-refractivity contribution in [2.75, 3.05) is 19.5 Å². The van der Waals surface area contributed by atoms with Gasteiger partial charge in [-0.1, -0.05) is 30.3 Å². The monoisotopic (exact) mass is 429 g/mol. The number of ether oxygens (including phenoxy) is 2. The van der Waals surface area contributed by atoms with Gasteiger partial charge in [0.2, 0.25) is 0 Å². The molecule has 0 aromatic heterocycles. The van der Waals surface area contributed by atoms with Gasteiger partial charge in [0.05, 0.1) is 18.3 Å². The second-order valence-electron chi connectivity index (χ2n) is 4.42. The van der Waals surface area contributed by atoms with Crippen molar-refractivity contribution in [1.29, 1.82) is 5.41 Å². The Labute approximate surface area is 152 Å². The van der Waals surface area contributed by atoms with E-state index in [9.17, 15) is 0 Å². The Balaban J connectivity index is 0.00000242. The summed E-state index contributed by atoms with van der Waals surface area (Å²) in [5.74, 6) is 1.68. The van der Waals surface area contributed by atoms with Crippen LogP contribution in [0.2, 0.25) is 0 Å². The number of hydrogen-bond donors (Lipinski definition) is 1. The highest BCUT2D eigenvalue weighted by atomic mass is 127. The summed E-state index contributed by atoms with van der Waals surface area (Å²) in [6, 6.07) is 17.4. The molecule has 0 saturated heterocycles. The zero-order chi connectivity index (χ0) is 14.9. The fourth-order valence-electron chi connectivity index (χ4n) is 1.80. The lowest BCUT2D eigenvalue weighted by atomic mass is 10.2. The van der Waals surface area contributed by atoms with Gasteiger partial charge in [0, 0.05) is 12.0 Å². The fourth-order valence-corrected chi connectivity index (χ4v) is 2.16. The van der Waals surface area contributed by atoms with Gasteiger partial charge in [0.1, 0.15) is 11.5 Å². The third-order valence-electron chi connectivity index (χ3n) is 2.87. The lowest BCUT2D eigenvalue weighted by molar-refractivity contribution is 0.247. The van der Waals surface area contributed by atoms with Gasteiger partial charge >= 0.3 is 0 Å². The summed E-state index contributed by atoms with van der Waals surface area (Å²) in [7, 11) is 0. The maximum absolute atomic E-state index is 7.80. The van der Waals surface area contributed by atoms with Crippen molar-refractivity contribution in [2.24, 2.45) is 0 Å². The van der Waals surface area contributed by atoms with E-state index in [2.05, 4.69) is 0 Å². The van der Waals surface area contributed by atoms with Crippen LogP contribution in [0.15, 0.2) is 54.6 Å². The standard InChI is InChI=1S/C17H19NO2S.HI/c1-21-17(18)14-7-5-10-16(13-14)20-12-6-11-19-15-8-3-2-4-9-15;/h2-5,7-10,13,18H,6,11-12H2,1H3;1H. The molecule has 0 radical (unpaired) electrons. The van der Waals surface area contributed by atoms with Gasteiger partial charge in [0.25, 0.3) is 0 Å². The minimum absolute atomic E-state index is 0. The van der Waals surface area contributed by atoms with Gasteiger partial charge in [-0.2, -0.15) is 0 Å². The molecule has 0 unspecified atom stereocenters. The molecule has 5 heteroatoms. The summed E-state index contributed by atoms with van der Waals surface area (Å²) >= 11 is 1.42. The maximum atomic E-state index is 7.80. The van der Waals surface area contributed by atoms with Gasteiger partial charge in [0.15, 0.2) is 0 Å². The quantitative estimate of drug-likeness (QED) is 0.297. The smallest absolute Gasteiger partial charge is 0.119 e. The second-order valence-corrected chi connectivity index (χ2v) is 5.24. The van der Waals surface area contributed by atoms with Crippen LogP contribution in [0.5, 0.6) is 11.5 Å². The van der Waals surface area contributed by atoms with E-state index in [0.717, 1.165) is 23.5 Å². The van der Waals surface area contributed by atoms with Crippen molar-refractivity contribution >= 4 is 40.8 Å². The average Bonchev–Trinajstić information content (AvgIpc) is 2.55. The minimum Gasteiger partial charge on any atom is -0.493 e. The zero-order valence-electron chi connectivity index (χ0n) is 12.5. The molecule has 2 aromatic rings. The Kier molecular flexibility index (Phi) is 9.00. The van der Waals surface area contributed by atoms with E-state index in [-0.39, 0.29) is 24.0 Å². The maximum Gasteiger partial charge on any atom is 0.119 e. The third-order valence-corrected chi connectivity index (χ3v) is 3.51. The van der Waals surface area contributed by atoms with Crippen LogP contribution in [-0.4, -0.2) is 24.5 Å². The van der Waals surface area contributed by atoms with Crippen molar-refractivity contribution in [3.05, 3.63) is 60.2 Å². The summed E-state index contributed by atoms with van der Waals surface area (Å²) in [6.07, 6.45) is 2.72. The molecule has 0 bridgehead atoms. The van der Waals surface area contributed by atoms with Crippen LogP contribution in [0.4, 0.5) is 0 Å². The van der Waals surface area contributed by atoms with Crippen molar-refractivity contribution < 1.29 is 9.47 Å². The summed E-state index contributed by atoms with van der Waals surface area (Å²) in [5, 5.41) is 8.35. The predicted octanol–water partition coefficient (Wildman–Crippen LogP) is 4.84. The average molecular weight is 429 g/mol. The second kappa shape index (κ2) is 10.5. The molecule has 0 atom stereocenters. The lowest BCUT2D eigenvalue weighted by Crippen LogP contribution is -2.05. The number of para-hydroxylation sites is 1. The van der Waals surface area contributed by atoms with Crippen LogP contribution in [0.1, 0.15) is 12.0 Å². The molecule has 2 aromatic carbocycles. The molecule has 0 heterocycles. The van der Waals surface area contributed by atoms with Gasteiger partial charge < -0.3 is 9.47 Å². The van der Waals surface area contributed by atoms with Crippen LogP contribution in [0.25, 0.3) is 0 Å². The third kappa shape index (κ3) is 6.27. The van der Waals surface area contributed by atoms with Gasteiger partial charge in [-0.25, -0.2) is 0 Å². The molecule has 3 nitrogen and oxygen atoms in total. The van der Waals surface area contributed by atoms with E-state index in [4.69, 9.17) is 14.9 Å². The minimum atomic E-state index is 0. The van der Waals surface area contributed by atoms with E-state index >= 15 is 0 Å². The van der Waals surface area contributed by atoms with Gasteiger partial charge in [-0.05, 0) is 30.5 Å². The van der Waals surface area contributed by atoms with Crippen LogP contribution in [0, 0.1) is 5.41 Å². The Morgan fingerprint density at radius 2 is 1.59 bits per heavy atom. The first-order valence-electron chi connectivity index (χ1n) is 6.83. The normalized spacial score (nSPS) is 9.68. The molecule has 0 aliphatic carbocycles. The molecule has 0 aliphatic rings. The van der Waals surface area contributed by atoms with E-state index in [1.807, 2.05) is 60.9 Å². The van der Waals surface area contributed by atoms with Crippen molar-refractivity contribution in [2.45, 2.75) is 6.42 Å². The number of benzene rings is 2. The highest BCUT2D eigenvalue weighted by Crippen LogP contribution is 2.17. The Bertz CT molecular complexity index is 578. The molecule has 0 fully saturated rings. The Morgan fingerprint density at radius 3 is 2.27 bits per heavy atom. The number of halogens is 1. The molecular weight excluding hydrogens is 409 g/mol. The van der Waals surface area contributed by atoms with Crippen molar-refractivity contribution in [3.8, 4) is 11.5 Å². The van der Waals surface area contributed by atoms with Gasteiger partial charge in [-0.15, -0.1) is 35.7 Å². The van der Waals surface area contributed by atoms with E-state index in [1.165, 1.54) is 11.8 Å². The van der Waals surface area contributed by atoms with Crippen LogP contribution in [-0.2, 0) is 0 Å². The molecule has 0 amide bonds. The highest BCUT2D eigenvalue weighted by molar-refractivity contribution is 14.0. The molecule has 2 rings (SSSR count).